The number of hydrogen-bond acceptors (Lipinski definition) is 4. The lowest BCUT2D eigenvalue weighted by Gasteiger charge is -2.30. The summed E-state index contributed by atoms with van der Waals surface area (Å²) in [6, 6.07) is 9.50. The molecule has 116 valence electrons. The maximum atomic E-state index is 12.7. The van der Waals surface area contributed by atoms with Gasteiger partial charge in [-0.2, -0.15) is 0 Å². The van der Waals surface area contributed by atoms with E-state index < -0.39 is 0 Å². The number of rotatable bonds is 4. The van der Waals surface area contributed by atoms with Gasteiger partial charge in [0.25, 0.3) is 0 Å². The third-order valence-electron chi connectivity index (χ3n) is 3.97. The molecule has 2 heterocycles. The van der Waals surface area contributed by atoms with Crippen LogP contribution in [0.1, 0.15) is 17.4 Å². The quantitative estimate of drug-likeness (QED) is 0.942. The minimum atomic E-state index is -0.281. The Morgan fingerprint density at radius 1 is 1.36 bits per heavy atom. The number of para-hydroxylation sites is 2. The van der Waals surface area contributed by atoms with Crippen LogP contribution in [-0.2, 0) is 17.8 Å². The molecule has 0 aliphatic carbocycles. The average molecular weight is 316 g/mol. The monoisotopic (exact) mass is 316 g/mol. The molecule has 1 aliphatic heterocycles. The molecule has 0 bridgehead atoms. The topological polar surface area (TPSA) is 41.6 Å². The molecule has 1 aliphatic rings. The first kappa shape index (κ1) is 14.9. The zero-order valence-corrected chi connectivity index (χ0v) is 13.7. The van der Waals surface area contributed by atoms with Crippen LogP contribution in [-0.4, -0.2) is 30.5 Å². The molecule has 1 N–H and O–H groups in total. The van der Waals surface area contributed by atoms with Gasteiger partial charge in [-0.3, -0.25) is 4.79 Å². The van der Waals surface area contributed by atoms with E-state index in [-0.39, 0.29) is 11.9 Å². The number of methoxy groups -OCH3 is 1. The summed E-state index contributed by atoms with van der Waals surface area (Å²) in [7, 11) is 1.63. The third-order valence-corrected chi connectivity index (χ3v) is 4.99. The molecule has 1 unspecified atom stereocenters. The minimum absolute atomic E-state index is 0.128. The van der Waals surface area contributed by atoms with Crippen molar-refractivity contribution in [1.82, 2.24) is 4.90 Å². The second-order valence-electron chi connectivity index (χ2n) is 5.45. The van der Waals surface area contributed by atoms with E-state index in [1.54, 1.807) is 18.4 Å². The number of carbonyl (C=O) groups is 1. The zero-order chi connectivity index (χ0) is 15.5. The molecule has 5 heteroatoms. The lowest BCUT2D eigenvalue weighted by Crippen LogP contribution is -2.43. The van der Waals surface area contributed by atoms with E-state index >= 15 is 0 Å². The number of anilines is 1. The van der Waals surface area contributed by atoms with E-state index in [2.05, 4.69) is 16.8 Å². The molecular weight excluding hydrogens is 296 g/mol. The molecular formula is C17H20N2O2S. The van der Waals surface area contributed by atoms with Gasteiger partial charge >= 0.3 is 0 Å². The first-order chi connectivity index (χ1) is 10.7. The highest BCUT2D eigenvalue weighted by Gasteiger charge is 2.25. The van der Waals surface area contributed by atoms with Crippen molar-refractivity contribution in [2.24, 2.45) is 0 Å². The molecule has 22 heavy (non-hydrogen) atoms. The van der Waals surface area contributed by atoms with Crippen LogP contribution in [0.25, 0.3) is 0 Å². The van der Waals surface area contributed by atoms with Gasteiger partial charge in [-0.25, -0.2) is 0 Å². The van der Waals surface area contributed by atoms with Crippen LogP contribution >= 0.6 is 11.3 Å². The average Bonchev–Trinajstić information content (AvgIpc) is 3.02. The van der Waals surface area contributed by atoms with Gasteiger partial charge in [0.2, 0.25) is 5.91 Å². The van der Waals surface area contributed by atoms with Crippen LogP contribution in [0, 0.1) is 0 Å². The molecule has 3 rings (SSSR count). The fraction of sp³-hybridized carbons (Fsp3) is 0.353. The van der Waals surface area contributed by atoms with Gasteiger partial charge in [0.1, 0.15) is 11.8 Å². The largest absolute Gasteiger partial charge is 0.495 e. The zero-order valence-electron chi connectivity index (χ0n) is 12.8. The Hall–Kier alpha value is -2.01. The lowest BCUT2D eigenvalue weighted by atomic mass is 10.1. The van der Waals surface area contributed by atoms with E-state index in [0.717, 1.165) is 30.9 Å². The van der Waals surface area contributed by atoms with Gasteiger partial charge < -0.3 is 15.0 Å². The van der Waals surface area contributed by atoms with Crippen LogP contribution in [0.15, 0.2) is 35.7 Å². The summed E-state index contributed by atoms with van der Waals surface area (Å²) in [6.07, 6.45) is 0.958. The second-order valence-corrected chi connectivity index (χ2v) is 6.45. The van der Waals surface area contributed by atoms with E-state index in [9.17, 15) is 4.79 Å². The van der Waals surface area contributed by atoms with Crippen molar-refractivity contribution < 1.29 is 9.53 Å². The van der Waals surface area contributed by atoms with E-state index in [1.807, 2.05) is 36.1 Å². The highest BCUT2D eigenvalue weighted by Crippen LogP contribution is 2.26. The molecule has 2 aromatic rings. The molecule has 0 saturated heterocycles. The maximum absolute atomic E-state index is 12.7. The molecule has 0 radical (unpaired) electrons. The van der Waals surface area contributed by atoms with Crippen LogP contribution in [0.3, 0.4) is 0 Å². The number of nitrogens with zero attached hydrogens (tertiary/aromatic N) is 1. The normalized spacial score (nSPS) is 15.1. The van der Waals surface area contributed by atoms with Gasteiger partial charge in [0, 0.05) is 18.0 Å². The number of thiophene rings is 1. The molecule has 1 aromatic heterocycles. The molecule has 0 saturated carbocycles. The van der Waals surface area contributed by atoms with Crippen molar-refractivity contribution in [3.63, 3.8) is 0 Å². The second kappa shape index (κ2) is 6.40. The lowest BCUT2D eigenvalue weighted by molar-refractivity contribution is -0.132. The Labute approximate surface area is 134 Å². The SMILES string of the molecule is COc1ccccc1NC(C)C(=O)N1CCc2sccc2C1. The van der Waals surface area contributed by atoms with Crippen molar-refractivity contribution >= 4 is 22.9 Å². The van der Waals surface area contributed by atoms with Gasteiger partial charge in [0.15, 0.2) is 0 Å². The standard InChI is InChI=1S/C17H20N2O2S/c1-12(18-14-5-3-4-6-15(14)21-2)17(20)19-9-7-16-13(11-19)8-10-22-16/h3-6,8,10,12,18H,7,9,11H2,1-2H3. The fourth-order valence-corrected chi connectivity index (χ4v) is 3.66. The Kier molecular flexibility index (Phi) is 4.34. The van der Waals surface area contributed by atoms with Crippen LogP contribution in [0.2, 0.25) is 0 Å². The van der Waals surface area contributed by atoms with Gasteiger partial charge in [0.05, 0.1) is 12.8 Å². The third kappa shape index (κ3) is 2.95. The summed E-state index contributed by atoms with van der Waals surface area (Å²) in [4.78, 5) is 16.0. The highest BCUT2D eigenvalue weighted by atomic mass is 32.1. The number of benzene rings is 1. The van der Waals surface area contributed by atoms with Gasteiger partial charge in [-0.15, -0.1) is 11.3 Å². The van der Waals surface area contributed by atoms with Crippen LogP contribution in [0.4, 0.5) is 5.69 Å². The Bertz CT molecular complexity index is 668. The molecule has 1 atom stereocenters. The summed E-state index contributed by atoms with van der Waals surface area (Å²) in [5.74, 6) is 0.878. The summed E-state index contributed by atoms with van der Waals surface area (Å²) >= 11 is 1.78. The minimum Gasteiger partial charge on any atom is -0.495 e. The van der Waals surface area contributed by atoms with Gasteiger partial charge in [-0.05, 0) is 42.5 Å². The van der Waals surface area contributed by atoms with E-state index in [0.29, 0.717) is 0 Å². The predicted molar refractivity (Wildman–Crippen MR) is 89.5 cm³/mol. The number of ether oxygens (including phenoxy) is 1. The highest BCUT2D eigenvalue weighted by molar-refractivity contribution is 7.10. The molecule has 0 fully saturated rings. The Morgan fingerprint density at radius 3 is 3.00 bits per heavy atom. The molecule has 0 spiro atoms. The van der Waals surface area contributed by atoms with E-state index in [1.165, 1.54) is 10.4 Å². The number of nitrogens with one attached hydrogen (secondary N) is 1. The summed E-state index contributed by atoms with van der Waals surface area (Å²) < 4.78 is 5.32. The van der Waals surface area contributed by atoms with Crippen molar-refractivity contribution in [1.29, 1.82) is 0 Å². The van der Waals surface area contributed by atoms with Crippen molar-refractivity contribution in [2.45, 2.75) is 25.9 Å². The molecule has 4 nitrogen and oxygen atoms in total. The van der Waals surface area contributed by atoms with Crippen molar-refractivity contribution in [2.75, 3.05) is 19.0 Å². The number of amides is 1. The van der Waals surface area contributed by atoms with Crippen LogP contribution in [0.5, 0.6) is 5.75 Å². The van der Waals surface area contributed by atoms with Crippen molar-refractivity contribution in [3.05, 3.63) is 46.2 Å². The smallest absolute Gasteiger partial charge is 0.245 e. The summed E-state index contributed by atoms with van der Waals surface area (Å²) in [6.45, 7) is 3.41. The maximum Gasteiger partial charge on any atom is 0.245 e. The fourth-order valence-electron chi connectivity index (χ4n) is 2.77. The Morgan fingerprint density at radius 2 is 2.18 bits per heavy atom. The number of fused-ring (bicyclic) bond motifs is 1. The number of carbonyl (C=O) groups excluding carboxylic acids is 1. The van der Waals surface area contributed by atoms with Crippen molar-refractivity contribution in [3.8, 4) is 5.75 Å². The Balaban J connectivity index is 1.68. The number of hydrogen-bond donors (Lipinski definition) is 1. The van der Waals surface area contributed by atoms with E-state index in [4.69, 9.17) is 4.74 Å². The predicted octanol–water partition coefficient (Wildman–Crippen LogP) is 3.14. The summed E-state index contributed by atoms with van der Waals surface area (Å²) in [5.41, 5.74) is 2.13. The van der Waals surface area contributed by atoms with Crippen LogP contribution < -0.4 is 10.1 Å². The first-order valence-electron chi connectivity index (χ1n) is 7.42. The van der Waals surface area contributed by atoms with Gasteiger partial charge in [-0.1, -0.05) is 12.1 Å². The molecule has 1 amide bonds. The first-order valence-corrected chi connectivity index (χ1v) is 8.30. The summed E-state index contributed by atoms with van der Waals surface area (Å²) in [5, 5.41) is 5.37. The molecule has 1 aromatic carbocycles.